The van der Waals surface area contributed by atoms with E-state index >= 15 is 0 Å². The zero-order chi connectivity index (χ0) is 16.8. The highest BCUT2D eigenvalue weighted by Crippen LogP contribution is 2.27. The van der Waals surface area contributed by atoms with Crippen LogP contribution in [0.1, 0.15) is 0 Å². The van der Waals surface area contributed by atoms with E-state index < -0.39 is 0 Å². The third-order valence-electron chi connectivity index (χ3n) is 4.50. The fourth-order valence-electron chi connectivity index (χ4n) is 3.24. The molecule has 0 N–H and O–H groups in total. The van der Waals surface area contributed by atoms with Crippen molar-refractivity contribution in [1.29, 1.82) is 0 Å². The molecule has 5 rings (SSSR count). The zero-order valence-electron chi connectivity index (χ0n) is 13.3. The van der Waals surface area contributed by atoms with Crippen molar-refractivity contribution >= 4 is 48.5 Å². The lowest BCUT2D eigenvalue weighted by molar-refractivity contribution is 1.32. The number of aromatic nitrogens is 2. The highest BCUT2D eigenvalue weighted by atomic mass is 79.9. The van der Waals surface area contributed by atoms with E-state index in [1.165, 1.54) is 10.8 Å². The molecule has 0 aliphatic carbocycles. The van der Waals surface area contributed by atoms with Crippen molar-refractivity contribution in [2.24, 2.45) is 0 Å². The Morgan fingerprint density at radius 2 is 1.32 bits per heavy atom. The number of hydrogen-bond acceptors (Lipinski definition) is 2. The predicted molar refractivity (Wildman–Crippen MR) is 108 cm³/mol. The van der Waals surface area contributed by atoms with E-state index in [0.29, 0.717) is 0 Å². The van der Waals surface area contributed by atoms with Crippen molar-refractivity contribution < 1.29 is 0 Å². The summed E-state index contributed by atoms with van der Waals surface area (Å²) in [4.78, 5) is 9.72. The SMILES string of the molecule is Brc1ccc2nc(-c3ccc4ccc5ccccc5c4n3)ccc2c1. The molecular weight excluding hydrogens is 372 g/mol. The lowest BCUT2D eigenvalue weighted by Gasteiger charge is -2.07. The van der Waals surface area contributed by atoms with Crippen LogP contribution < -0.4 is 0 Å². The average molecular weight is 385 g/mol. The second kappa shape index (κ2) is 5.64. The predicted octanol–water partition coefficient (Wildman–Crippen LogP) is 6.37. The first-order chi connectivity index (χ1) is 12.3. The average Bonchev–Trinajstić information content (AvgIpc) is 2.67. The summed E-state index contributed by atoms with van der Waals surface area (Å²) in [6.45, 7) is 0. The molecule has 0 aliphatic rings. The summed E-state index contributed by atoms with van der Waals surface area (Å²) >= 11 is 3.51. The molecule has 3 heteroatoms. The molecule has 0 atom stereocenters. The van der Waals surface area contributed by atoms with Gasteiger partial charge in [0.1, 0.15) is 0 Å². The van der Waals surface area contributed by atoms with Crippen molar-refractivity contribution in [3.05, 3.63) is 83.3 Å². The van der Waals surface area contributed by atoms with Crippen LogP contribution in [0, 0.1) is 0 Å². The maximum Gasteiger partial charge on any atom is 0.0894 e. The van der Waals surface area contributed by atoms with Crippen LogP contribution in [0.15, 0.2) is 83.3 Å². The van der Waals surface area contributed by atoms with Gasteiger partial charge in [0.05, 0.1) is 22.4 Å². The molecule has 0 fully saturated rings. The molecule has 0 aliphatic heterocycles. The largest absolute Gasteiger partial charge is 0.246 e. The number of benzene rings is 3. The van der Waals surface area contributed by atoms with Crippen LogP contribution in [0.4, 0.5) is 0 Å². The van der Waals surface area contributed by atoms with Crippen LogP contribution in [0.3, 0.4) is 0 Å². The quantitative estimate of drug-likeness (QED) is 0.314. The van der Waals surface area contributed by atoms with E-state index in [0.717, 1.165) is 37.7 Å². The lowest BCUT2D eigenvalue weighted by Crippen LogP contribution is -1.90. The number of pyridine rings is 2. The molecule has 3 aromatic carbocycles. The molecule has 0 amide bonds. The Bertz CT molecular complexity index is 1260. The van der Waals surface area contributed by atoms with Gasteiger partial charge in [0.2, 0.25) is 0 Å². The van der Waals surface area contributed by atoms with Gasteiger partial charge >= 0.3 is 0 Å². The fraction of sp³-hybridized carbons (Fsp3) is 0. The van der Waals surface area contributed by atoms with Crippen LogP contribution in [-0.4, -0.2) is 9.97 Å². The smallest absolute Gasteiger partial charge is 0.0894 e. The molecule has 0 spiro atoms. The van der Waals surface area contributed by atoms with E-state index in [4.69, 9.17) is 9.97 Å². The topological polar surface area (TPSA) is 25.8 Å². The molecule has 0 saturated heterocycles. The summed E-state index contributed by atoms with van der Waals surface area (Å²) in [6, 6.07) is 27.0. The molecule has 0 saturated carbocycles. The van der Waals surface area contributed by atoms with Gasteiger partial charge in [-0.1, -0.05) is 64.5 Å². The Balaban J connectivity index is 1.74. The first-order valence-corrected chi connectivity index (χ1v) is 8.92. The molecule has 118 valence electrons. The second-order valence-electron chi connectivity index (χ2n) is 6.09. The number of rotatable bonds is 1. The van der Waals surface area contributed by atoms with Gasteiger partial charge < -0.3 is 0 Å². The summed E-state index contributed by atoms with van der Waals surface area (Å²) in [5.74, 6) is 0. The number of fused-ring (bicyclic) bond motifs is 4. The first kappa shape index (κ1) is 14.6. The zero-order valence-corrected chi connectivity index (χ0v) is 14.9. The molecular formula is C22H13BrN2. The highest BCUT2D eigenvalue weighted by Gasteiger charge is 2.07. The first-order valence-electron chi connectivity index (χ1n) is 8.13. The Morgan fingerprint density at radius 3 is 2.24 bits per heavy atom. The molecule has 2 heterocycles. The van der Waals surface area contributed by atoms with E-state index in [1.54, 1.807) is 0 Å². The summed E-state index contributed by atoms with van der Waals surface area (Å²) in [5.41, 5.74) is 3.78. The van der Waals surface area contributed by atoms with Gasteiger partial charge in [-0.05, 0) is 35.7 Å². The monoisotopic (exact) mass is 384 g/mol. The van der Waals surface area contributed by atoms with Gasteiger partial charge in [-0.15, -0.1) is 0 Å². The van der Waals surface area contributed by atoms with Gasteiger partial charge in [0.25, 0.3) is 0 Å². The normalized spacial score (nSPS) is 11.4. The maximum atomic E-state index is 4.93. The van der Waals surface area contributed by atoms with Crippen LogP contribution >= 0.6 is 15.9 Å². The Hall–Kier alpha value is -2.78. The Morgan fingerprint density at radius 1 is 0.600 bits per heavy atom. The molecule has 2 nitrogen and oxygen atoms in total. The van der Waals surface area contributed by atoms with Crippen molar-refractivity contribution in [2.75, 3.05) is 0 Å². The third kappa shape index (κ3) is 2.48. The summed E-state index contributed by atoms with van der Waals surface area (Å²) in [7, 11) is 0. The van der Waals surface area contributed by atoms with E-state index in [1.807, 2.05) is 24.3 Å². The summed E-state index contributed by atoms with van der Waals surface area (Å²) in [5, 5.41) is 4.64. The van der Waals surface area contributed by atoms with Crippen LogP contribution in [0.5, 0.6) is 0 Å². The fourth-order valence-corrected chi connectivity index (χ4v) is 3.62. The van der Waals surface area contributed by atoms with Crippen LogP contribution in [0.2, 0.25) is 0 Å². The minimum absolute atomic E-state index is 0.893. The minimum atomic E-state index is 0.893. The highest BCUT2D eigenvalue weighted by molar-refractivity contribution is 9.10. The molecule has 5 aromatic rings. The number of nitrogens with zero attached hydrogens (tertiary/aromatic N) is 2. The Kier molecular flexibility index (Phi) is 3.28. The van der Waals surface area contributed by atoms with Crippen LogP contribution in [-0.2, 0) is 0 Å². The van der Waals surface area contributed by atoms with Gasteiger partial charge in [0, 0.05) is 20.6 Å². The Labute approximate surface area is 153 Å². The van der Waals surface area contributed by atoms with Gasteiger partial charge in [-0.3, -0.25) is 0 Å². The summed E-state index contributed by atoms with van der Waals surface area (Å²) < 4.78 is 1.06. The van der Waals surface area contributed by atoms with Gasteiger partial charge in [-0.25, -0.2) is 9.97 Å². The van der Waals surface area contributed by atoms with Crippen molar-refractivity contribution in [3.8, 4) is 11.4 Å². The van der Waals surface area contributed by atoms with Gasteiger partial charge in [0.15, 0.2) is 0 Å². The van der Waals surface area contributed by atoms with Gasteiger partial charge in [-0.2, -0.15) is 0 Å². The molecule has 25 heavy (non-hydrogen) atoms. The molecule has 0 bridgehead atoms. The van der Waals surface area contributed by atoms with Crippen molar-refractivity contribution in [2.45, 2.75) is 0 Å². The summed E-state index contributed by atoms with van der Waals surface area (Å²) in [6.07, 6.45) is 0. The third-order valence-corrected chi connectivity index (χ3v) is 4.99. The van der Waals surface area contributed by atoms with E-state index in [-0.39, 0.29) is 0 Å². The van der Waals surface area contributed by atoms with E-state index in [9.17, 15) is 0 Å². The molecule has 0 unspecified atom stereocenters. The number of hydrogen-bond donors (Lipinski definition) is 0. The number of halogens is 1. The second-order valence-corrected chi connectivity index (χ2v) is 7.00. The maximum absolute atomic E-state index is 4.93. The lowest BCUT2D eigenvalue weighted by atomic mass is 10.1. The van der Waals surface area contributed by atoms with Crippen molar-refractivity contribution in [1.82, 2.24) is 9.97 Å². The molecule has 0 radical (unpaired) electrons. The van der Waals surface area contributed by atoms with Crippen LogP contribution in [0.25, 0.3) is 44.0 Å². The standard InChI is InChI=1S/C22H13BrN2/c23-17-9-12-19-16(13-17)8-11-20(24-19)21-10-7-15-6-5-14-3-1-2-4-18(14)22(15)25-21/h1-13H. The minimum Gasteiger partial charge on any atom is -0.246 e. The molecule has 2 aromatic heterocycles. The van der Waals surface area contributed by atoms with E-state index in [2.05, 4.69) is 70.5 Å². The van der Waals surface area contributed by atoms with Crippen molar-refractivity contribution in [3.63, 3.8) is 0 Å².